The van der Waals surface area contributed by atoms with Crippen molar-refractivity contribution in [3.63, 3.8) is 0 Å². The standard InChI is InChI=1S/C14H7ClN4O2S/c15-7-1-2-16-8-3-10(22-12(7)8)9-5-18-13-11(19-9)6(4-17-13)14(20)21/h1-5H,(H,17,18)(H,20,21). The molecule has 4 heterocycles. The van der Waals surface area contributed by atoms with Gasteiger partial charge < -0.3 is 10.1 Å². The molecule has 0 unspecified atom stereocenters. The fraction of sp³-hybridized carbons (Fsp3) is 0. The molecular weight excluding hydrogens is 324 g/mol. The molecule has 8 heteroatoms. The lowest BCUT2D eigenvalue weighted by Crippen LogP contribution is -1.96. The number of halogens is 1. The predicted octanol–water partition coefficient (Wildman–Crippen LogP) is 3.59. The molecule has 22 heavy (non-hydrogen) atoms. The topological polar surface area (TPSA) is 91.8 Å². The number of aromatic nitrogens is 4. The van der Waals surface area contributed by atoms with E-state index in [1.165, 1.54) is 17.5 Å². The number of hydrogen-bond donors (Lipinski definition) is 2. The van der Waals surface area contributed by atoms with Crippen LogP contribution in [0.15, 0.2) is 30.7 Å². The van der Waals surface area contributed by atoms with Crippen molar-refractivity contribution in [2.24, 2.45) is 0 Å². The van der Waals surface area contributed by atoms with Gasteiger partial charge in [0, 0.05) is 12.4 Å². The lowest BCUT2D eigenvalue weighted by molar-refractivity contribution is 0.0699. The summed E-state index contributed by atoms with van der Waals surface area (Å²) in [5.74, 6) is -1.04. The smallest absolute Gasteiger partial charge is 0.339 e. The number of carboxylic acids is 1. The first kappa shape index (κ1) is 13.2. The van der Waals surface area contributed by atoms with Crippen LogP contribution in [0, 0.1) is 0 Å². The first-order valence-corrected chi connectivity index (χ1v) is 7.45. The molecule has 0 amide bonds. The number of nitrogens with zero attached hydrogens (tertiary/aromatic N) is 3. The minimum absolute atomic E-state index is 0.0987. The maximum atomic E-state index is 11.2. The van der Waals surface area contributed by atoms with Crippen LogP contribution >= 0.6 is 22.9 Å². The van der Waals surface area contributed by atoms with Crippen LogP contribution < -0.4 is 0 Å². The largest absolute Gasteiger partial charge is 0.478 e. The third-order valence-corrected chi connectivity index (χ3v) is 4.83. The molecule has 0 aliphatic heterocycles. The third-order valence-electron chi connectivity index (χ3n) is 3.23. The molecule has 0 aliphatic carbocycles. The van der Waals surface area contributed by atoms with Gasteiger partial charge in [0.25, 0.3) is 0 Å². The average Bonchev–Trinajstić information content (AvgIpc) is 3.11. The van der Waals surface area contributed by atoms with E-state index in [2.05, 4.69) is 19.9 Å². The van der Waals surface area contributed by atoms with Crippen LogP contribution in [0.25, 0.3) is 32.0 Å². The fourth-order valence-corrected chi connectivity index (χ4v) is 3.45. The van der Waals surface area contributed by atoms with Crippen LogP contribution in [0.1, 0.15) is 10.4 Å². The molecule has 0 aliphatic rings. The Balaban J connectivity index is 1.93. The van der Waals surface area contributed by atoms with Gasteiger partial charge in [0.15, 0.2) is 5.65 Å². The summed E-state index contributed by atoms with van der Waals surface area (Å²) in [6, 6.07) is 3.60. The van der Waals surface area contributed by atoms with Crippen molar-refractivity contribution in [1.82, 2.24) is 19.9 Å². The second-order valence-corrected chi connectivity index (χ2v) is 6.04. The Morgan fingerprint density at radius 3 is 3.00 bits per heavy atom. The molecule has 0 spiro atoms. The summed E-state index contributed by atoms with van der Waals surface area (Å²) in [4.78, 5) is 27.7. The van der Waals surface area contributed by atoms with E-state index in [-0.39, 0.29) is 5.56 Å². The Bertz CT molecular complexity index is 1040. The minimum atomic E-state index is -1.04. The predicted molar refractivity (Wildman–Crippen MR) is 84.5 cm³/mol. The van der Waals surface area contributed by atoms with Gasteiger partial charge in [0.1, 0.15) is 11.1 Å². The minimum Gasteiger partial charge on any atom is -0.478 e. The SMILES string of the molecule is O=C(O)c1c[nH]c2ncc(-c3cc4nccc(Cl)c4s3)nc12. The average molecular weight is 331 g/mol. The summed E-state index contributed by atoms with van der Waals surface area (Å²) in [5.41, 5.74) is 2.25. The molecule has 0 radical (unpaired) electrons. The van der Waals surface area contributed by atoms with Crippen molar-refractivity contribution in [3.05, 3.63) is 41.3 Å². The van der Waals surface area contributed by atoms with Crippen LogP contribution in [0.4, 0.5) is 0 Å². The summed E-state index contributed by atoms with van der Waals surface area (Å²) < 4.78 is 0.869. The highest BCUT2D eigenvalue weighted by Crippen LogP contribution is 2.35. The van der Waals surface area contributed by atoms with E-state index >= 15 is 0 Å². The van der Waals surface area contributed by atoms with E-state index < -0.39 is 5.97 Å². The molecule has 4 aromatic rings. The van der Waals surface area contributed by atoms with E-state index in [1.807, 2.05) is 6.07 Å². The Hall–Kier alpha value is -2.51. The zero-order valence-corrected chi connectivity index (χ0v) is 12.4. The first-order valence-electron chi connectivity index (χ1n) is 6.25. The summed E-state index contributed by atoms with van der Waals surface area (Å²) >= 11 is 7.60. The molecule has 4 rings (SSSR count). The van der Waals surface area contributed by atoms with E-state index in [0.29, 0.717) is 21.9 Å². The maximum Gasteiger partial charge on any atom is 0.339 e. The highest BCUT2D eigenvalue weighted by atomic mass is 35.5. The van der Waals surface area contributed by atoms with Crippen molar-refractivity contribution in [3.8, 4) is 10.6 Å². The Labute approximate surface area is 132 Å². The fourth-order valence-electron chi connectivity index (χ4n) is 2.21. The van der Waals surface area contributed by atoms with Crippen LogP contribution in [-0.4, -0.2) is 31.0 Å². The monoisotopic (exact) mass is 330 g/mol. The van der Waals surface area contributed by atoms with Gasteiger partial charge in [-0.1, -0.05) is 11.6 Å². The summed E-state index contributed by atoms with van der Waals surface area (Å²) in [6.45, 7) is 0. The van der Waals surface area contributed by atoms with Crippen molar-refractivity contribution in [2.75, 3.05) is 0 Å². The van der Waals surface area contributed by atoms with Crippen molar-refractivity contribution in [1.29, 1.82) is 0 Å². The number of H-pyrrole nitrogens is 1. The molecule has 0 saturated carbocycles. The van der Waals surface area contributed by atoms with E-state index in [4.69, 9.17) is 11.6 Å². The molecule has 108 valence electrons. The number of fused-ring (bicyclic) bond motifs is 2. The Kier molecular flexibility index (Phi) is 2.85. The number of rotatable bonds is 2. The van der Waals surface area contributed by atoms with Gasteiger partial charge in [-0.15, -0.1) is 11.3 Å². The first-order chi connectivity index (χ1) is 10.6. The lowest BCUT2D eigenvalue weighted by atomic mass is 10.3. The molecule has 2 N–H and O–H groups in total. The highest BCUT2D eigenvalue weighted by Gasteiger charge is 2.15. The van der Waals surface area contributed by atoms with E-state index in [0.717, 1.165) is 15.1 Å². The second-order valence-electron chi connectivity index (χ2n) is 4.58. The van der Waals surface area contributed by atoms with Crippen molar-refractivity contribution >= 4 is 50.3 Å². The number of aromatic amines is 1. The van der Waals surface area contributed by atoms with Crippen molar-refractivity contribution in [2.45, 2.75) is 0 Å². The Morgan fingerprint density at radius 2 is 2.23 bits per heavy atom. The molecule has 0 bridgehead atoms. The number of hydrogen-bond acceptors (Lipinski definition) is 5. The highest BCUT2D eigenvalue weighted by molar-refractivity contribution is 7.22. The lowest BCUT2D eigenvalue weighted by Gasteiger charge is -1.97. The van der Waals surface area contributed by atoms with E-state index in [9.17, 15) is 9.90 Å². The third kappa shape index (κ3) is 1.94. The molecule has 0 fully saturated rings. The molecular formula is C14H7ClN4O2S. The zero-order chi connectivity index (χ0) is 15.3. The summed E-state index contributed by atoms with van der Waals surface area (Å²) in [7, 11) is 0. The van der Waals surface area contributed by atoms with Gasteiger partial charge in [-0.3, -0.25) is 4.98 Å². The van der Waals surface area contributed by atoms with Crippen LogP contribution in [0.2, 0.25) is 5.02 Å². The second kappa shape index (κ2) is 4.75. The summed E-state index contributed by atoms with van der Waals surface area (Å²) in [5, 5.41) is 9.80. The molecule has 4 aromatic heterocycles. The van der Waals surface area contributed by atoms with Crippen LogP contribution in [0.3, 0.4) is 0 Å². The number of carbonyl (C=O) groups is 1. The number of pyridine rings is 1. The molecule has 0 atom stereocenters. The normalized spacial score (nSPS) is 11.3. The number of thiophene rings is 1. The maximum absolute atomic E-state index is 11.2. The van der Waals surface area contributed by atoms with Crippen LogP contribution in [-0.2, 0) is 0 Å². The van der Waals surface area contributed by atoms with Crippen LogP contribution in [0.5, 0.6) is 0 Å². The Morgan fingerprint density at radius 1 is 1.36 bits per heavy atom. The van der Waals surface area contributed by atoms with Gasteiger partial charge in [0.05, 0.1) is 32.0 Å². The molecule has 6 nitrogen and oxygen atoms in total. The van der Waals surface area contributed by atoms with E-state index in [1.54, 1.807) is 18.5 Å². The van der Waals surface area contributed by atoms with Gasteiger partial charge in [-0.2, -0.15) is 0 Å². The van der Waals surface area contributed by atoms with Gasteiger partial charge in [0.2, 0.25) is 0 Å². The number of aromatic carboxylic acids is 1. The quantitative estimate of drug-likeness (QED) is 0.586. The number of nitrogens with one attached hydrogen (secondary N) is 1. The van der Waals surface area contributed by atoms with Crippen molar-refractivity contribution < 1.29 is 9.90 Å². The zero-order valence-electron chi connectivity index (χ0n) is 10.9. The van der Waals surface area contributed by atoms with Gasteiger partial charge in [-0.25, -0.2) is 14.8 Å². The van der Waals surface area contributed by atoms with Gasteiger partial charge >= 0.3 is 5.97 Å². The summed E-state index contributed by atoms with van der Waals surface area (Å²) in [6.07, 6.45) is 4.63. The number of carboxylic acid groups (broad SMARTS) is 1. The molecule has 0 aromatic carbocycles. The molecule has 0 saturated heterocycles. The van der Waals surface area contributed by atoms with Gasteiger partial charge in [-0.05, 0) is 12.1 Å².